The third-order valence-corrected chi connectivity index (χ3v) is 5.81. The number of hydrogen-bond acceptors (Lipinski definition) is 5. The summed E-state index contributed by atoms with van der Waals surface area (Å²) in [5, 5.41) is 0. The van der Waals surface area contributed by atoms with Gasteiger partial charge in [0.1, 0.15) is 0 Å². The topological polar surface area (TPSA) is 38.2 Å². The van der Waals surface area contributed by atoms with Crippen LogP contribution in [0.2, 0.25) is 0 Å². The molecule has 3 heterocycles. The number of hydrogen-bond donors (Lipinski definition) is 0. The normalized spacial score (nSPS) is 28.6. The molecule has 2 aliphatic heterocycles. The molecule has 19 heavy (non-hydrogen) atoms. The van der Waals surface area contributed by atoms with Gasteiger partial charge in [-0.05, 0) is 31.2 Å². The molecule has 1 unspecified atom stereocenters. The van der Waals surface area contributed by atoms with E-state index in [0.717, 1.165) is 37.3 Å². The highest BCUT2D eigenvalue weighted by Crippen LogP contribution is 2.47. The summed E-state index contributed by atoms with van der Waals surface area (Å²) < 4.78 is 6.44. The van der Waals surface area contributed by atoms with Crippen LogP contribution in [0.1, 0.15) is 19.3 Å². The first kappa shape index (κ1) is 12.0. The first-order valence-electron chi connectivity index (χ1n) is 7.11. The Morgan fingerprint density at radius 3 is 2.84 bits per heavy atom. The number of thioether (sulfide) groups is 1. The van der Waals surface area contributed by atoms with Crippen molar-refractivity contribution in [2.45, 2.75) is 30.1 Å². The van der Waals surface area contributed by atoms with Gasteiger partial charge in [-0.25, -0.2) is 9.97 Å². The average Bonchev–Trinajstić information content (AvgIpc) is 3.14. The average molecular weight is 277 g/mol. The fraction of sp³-hybridized carbons (Fsp3) is 0.714. The van der Waals surface area contributed by atoms with Crippen molar-refractivity contribution in [3.05, 3.63) is 18.5 Å². The SMILES string of the molecule is c1cnc(N2CC3(CC(OCC4CC4)CS3)C2)nc1. The number of nitrogens with zero attached hydrogens (tertiary/aromatic N) is 3. The maximum atomic E-state index is 6.03. The summed E-state index contributed by atoms with van der Waals surface area (Å²) in [5.41, 5.74) is 0. The van der Waals surface area contributed by atoms with Crippen molar-refractivity contribution in [2.75, 3.05) is 30.3 Å². The van der Waals surface area contributed by atoms with Crippen LogP contribution in [0.15, 0.2) is 18.5 Å². The molecule has 4 nitrogen and oxygen atoms in total. The van der Waals surface area contributed by atoms with Crippen molar-refractivity contribution in [1.29, 1.82) is 0 Å². The van der Waals surface area contributed by atoms with E-state index in [1.54, 1.807) is 0 Å². The van der Waals surface area contributed by atoms with Gasteiger partial charge in [-0.2, -0.15) is 0 Å². The summed E-state index contributed by atoms with van der Waals surface area (Å²) in [6.07, 6.45) is 8.07. The van der Waals surface area contributed by atoms with Crippen LogP contribution in [0, 0.1) is 5.92 Å². The Bertz CT molecular complexity index is 445. The smallest absolute Gasteiger partial charge is 0.225 e. The van der Waals surface area contributed by atoms with Gasteiger partial charge in [-0.15, -0.1) is 11.8 Å². The molecule has 0 aromatic carbocycles. The second-order valence-corrected chi connectivity index (χ2v) is 7.49. The fourth-order valence-corrected chi connectivity index (χ4v) is 4.48. The van der Waals surface area contributed by atoms with Crippen LogP contribution in [0.25, 0.3) is 0 Å². The second kappa shape index (κ2) is 4.63. The zero-order chi connectivity index (χ0) is 12.7. The van der Waals surface area contributed by atoms with Gasteiger partial charge in [0, 0.05) is 37.8 Å². The molecule has 0 bridgehead atoms. The van der Waals surface area contributed by atoms with Crippen LogP contribution in [-0.2, 0) is 4.74 Å². The van der Waals surface area contributed by atoms with E-state index >= 15 is 0 Å². The third-order valence-electron chi connectivity index (χ3n) is 4.23. The fourth-order valence-electron chi connectivity index (χ4n) is 2.93. The standard InChI is InChI=1S/C14H19N3OS/c1-4-15-13(16-5-1)17-9-14(10-17)6-12(8-19-14)18-7-11-2-3-11/h1,4-5,11-12H,2-3,6-10H2. The first-order valence-corrected chi connectivity index (χ1v) is 8.09. The van der Waals surface area contributed by atoms with E-state index < -0.39 is 0 Å². The lowest BCUT2D eigenvalue weighted by Crippen LogP contribution is -2.59. The number of aromatic nitrogens is 2. The van der Waals surface area contributed by atoms with Crippen LogP contribution in [0.5, 0.6) is 0 Å². The van der Waals surface area contributed by atoms with E-state index in [9.17, 15) is 0 Å². The van der Waals surface area contributed by atoms with Crippen molar-refractivity contribution in [3.8, 4) is 0 Å². The Hall–Kier alpha value is -0.810. The maximum absolute atomic E-state index is 6.03. The molecule has 1 aliphatic carbocycles. The molecule has 0 radical (unpaired) electrons. The van der Waals surface area contributed by atoms with Gasteiger partial charge in [-0.3, -0.25) is 0 Å². The Labute approximate surface area is 117 Å². The summed E-state index contributed by atoms with van der Waals surface area (Å²) in [6, 6.07) is 1.87. The van der Waals surface area contributed by atoms with Crippen molar-refractivity contribution in [3.63, 3.8) is 0 Å². The predicted molar refractivity (Wildman–Crippen MR) is 76.5 cm³/mol. The van der Waals surface area contributed by atoms with Crippen LogP contribution in [0.3, 0.4) is 0 Å². The summed E-state index contributed by atoms with van der Waals surface area (Å²) in [7, 11) is 0. The Kier molecular flexibility index (Phi) is 2.92. The van der Waals surface area contributed by atoms with Crippen molar-refractivity contribution in [1.82, 2.24) is 9.97 Å². The van der Waals surface area contributed by atoms with Gasteiger partial charge in [0.25, 0.3) is 0 Å². The largest absolute Gasteiger partial charge is 0.377 e. The molecule has 0 amide bonds. The Balaban J connectivity index is 1.30. The van der Waals surface area contributed by atoms with Gasteiger partial charge < -0.3 is 9.64 Å². The van der Waals surface area contributed by atoms with Crippen LogP contribution in [-0.4, -0.2) is 46.3 Å². The Morgan fingerprint density at radius 2 is 2.11 bits per heavy atom. The van der Waals surface area contributed by atoms with E-state index in [0.29, 0.717) is 10.9 Å². The van der Waals surface area contributed by atoms with E-state index in [1.807, 2.05) is 18.5 Å². The molecule has 0 N–H and O–H groups in total. The van der Waals surface area contributed by atoms with Crippen molar-refractivity contribution in [2.24, 2.45) is 5.92 Å². The van der Waals surface area contributed by atoms with Gasteiger partial charge in [-0.1, -0.05) is 0 Å². The van der Waals surface area contributed by atoms with Crippen LogP contribution in [0.4, 0.5) is 5.95 Å². The third kappa shape index (κ3) is 2.46. The summed E-state index contributed by atoms with van der Waals surface area (Å²) in [4.78, 5) is 10.9. The van der Waals surface area contributed by atoms with Gasteiger partial charge in [0.2, 0.25) is 5.95 Å². The molecular formula is C14H19N3OS. The first-order chi connectivity index (χ1) is 9.33. The molecule has 1 aromatic rings. The highest BCUT2D eigenvalue weighted by molar-refractivity contribution is 8.01. The molecular weight excluding hydrogens is 258 g/mol. The minimum Gasteiger partial charge on any atom is -0.377 e. The maximum Gasteiger partial charge on any atom is 0.225 e. The molecule has 4 rings (SSSR count). The van der Waals surface area contributed by atoms with Crippen LogP contribution >= 0.6 is 11.8 Å². The molecule has 5 heteroatoms. The minimum atomic E-state index is 0.410. The lowest BCUT2D eigenvalue weighted by molar-refractivity contribution is 0.0528. The van der Waals surface area contributed by atoms with Gasteiger partial charge >= 0.3 is 0 Å². The zero-order valence-electron chi connectivity index (χ0n) is 11.0. The second-order valence-electron chi connectivity index (χ2n) is 6.00. The van der Waals surface area contributed by atoms with Gasteiger partial charge in [0.05, 0.1) is 10.9 Å². The monoisotopic (exact) mass is 277 g/mol. The van der Waals surface area contributed by atoms with Crippen LogP contribution < -0.4 is 4.90 Å². The zero-order valence-corrected chi connectivity index (χ0v) is 11.8. The summed E-state index contributed by atoms with van der Waals surface area (Å²) in [5.74, 6) is 2.91. The van der Waals surface area contributed by atoms with Crippen molar-refractivity contribution >= 4 is 17.7 Å². The number of rotatable bonds is 4. The summed E-state index contributed by atoms with van der Waals surface area (Å²) >= 11 is 2.09. The van der Waals surface area contributed by atoms with E-state index in [4.69, 9.17) is 4.74 Å². The summed E-state index contributed by atoms with van der Waals surface area (Å²) in [6.45, 7) is 3.14. The highest BCUT2D eigenvalue weighted by atomic mass is 32.2. The van der Waals surface area contributed by atoms with Crippen molar-refractivity contribution < 1.29 is 4.74 Å². The van der Waals surface area contributed by atoms with E-state index in [1.165, 1.54) is 19.3 Å². The van der Waals surface area contributed by atoms with E-state index in [2.05, 4.69) is 26.6 Å². The molecule has 1 saturated carbocycles. The highest BCUT2D eigenvalue weighted by Gasteiger charge is 2.50. The molecule has 1 spiro atoms. The number of ether oxygens (including phenoxy) is 1. The molecule has 2 saturated heterocycles. The molecule has 3 aliphatic rings. The molecule has 102 valence electrons. The number of anilines is 1. The van der Waals surface area contributed by atoms with E-state index in [-0.39, 0.29) is 0 Å². The predicted octanol–water partition coefficient (Wildman–Crippen LogP) is 1.97. The minimum absolute atomic E-state index is 0.410. The lowest BCUT2D eigenvalue weighted by atomic mass is 9.93. The molecule has 1 aromatic heterocycles. The van der Waals surface area contributed by atoms with Gasteiger partial charge in [0.15, 0.2) is 0 Å². The molecule has 1 atom stereocenters. The molecule has 3 fully saturated rings. The quantitative estimate of drug-likeness (QED) is 0.841. The Morgan fingerprint density at radius 1 is 1.32 bits per heavy atom. The lowest BCUT2D eigenvalue weighted by Gasteiger charge is -2.47.